The smallest absolute Gasteiger partial charge is 0.249 e. The van der Waals surface area contributed by atoms with Crippen LogP contribution in [0.1, 0.15) is 37.1 Å². The lowest BCUT2D eigenvalue weighted by atomic mass is 10.0. The van der Waals surface area contributed by atoms with Crippen LogP contribution in [0.2, 0.25) is 0 Å². The average Bonchev–Trinajstić information content (AvgIpc) is 2.79. The van der Waals surface area contributed by atoms with E-state index in [4.69, 9.17) is 4.52 Å². The van der Waals surface area contributed by atoms with Crippen LogP contribution in [0.4, 0.5) is 0 Å². The Morgan fingerprint density at radius 1 is 1.26 bits per heavy atom. The van der Waals surface area contributed by atoms with Gasteiger partial charge < -0.3 is 4.52 Å². The van der Waals surface area contributed by atoms with E-state index in [0.29, 0.717) is 11.5 Å². The van der Waals surface area contributed by atoms with Crippen LogP contribution < -0.4 is 0 Å². The summed E-state index contributed by atoms with van der Waals surface area (Å²) in [6.45, 7) is 7.34. The first kappa shape index (κ1) is 12.9. The predicted molar refractivity (Wildman–Crippen MR) is 70.2 cm³/mol. The third-order valence-electron chi connectivity index (χ3n) is 4.10. The molecule has 2 aliphatic heterocycles. The third-order valence-corrected chi connectivity index (χ3v) is 6.36. The first-order valence-corrected chi connectivity index (χ1v) is 7.98. The standard InChI is InChI=1S/C13H18N2O3S/c1-8-6-11-4-5-12(7-8)15(11)19(16,17)13-9(2)14-18-10(13)3/h11-12H,1,4-7H2,2-3H3. The minimum Gasteiger partial charge on any atom is -0.360 e. The quantitative estimate of drug-likeness (QED) is 0.780. The molecule has 1 aromatic heterocycles. The van der Waals surface area contributed by atoms with Gasteiger partial charge in [0, 0.05) is 12.1 Å². The molecule has 0 spiro atoms. The molecule has 2 fully saturated rings. The molecule has 2 bridgehead atoms. The lowest BCUT2D eigenvalue weighted by Gasteiger charge is -2.34. The molecular weight excluding hydrogens is 264 g/mol. The van der Waals surface area contributed by atoms with Gasteiger partial charge in [0.1, 0.15) is 10.6 Å². The Balaban J connectivity index is 2.05. The van der Waals surface area contributed by atoms with Crippen LogP contribution in [0, 0.1) is 13.8 Å². The number of sulfonamides is 1. The summed E-state index contributed by atoms with van der Waals surface area (Å²) in [5.41, 5.74) is 1.61. The number of aromatic nitrogens is 1. The van der Waals surface area contributed by atoms with Crippen LogP contribution in [0.5, 0.6) is 0 Å². The number of rotatable bonds is 2. The van der Waals surface area contributed by atoms with Crippen molar-refractivity contribution in [2.45, 2.75) is 56.5 Å². The number of aryl methyl sites for hydroxylation is 2. The summed E-state index contributed by atoms with van der Waals surface area (Å²) in [7, 11) is -3.50. The van der Waals surface area contributed by atoms with E-state index in [-0.39, 0.29) is 17.0 Å². The zero-order valence-electron chi connectivity index (χ0n) is 11.2. The van der Waals surface area contributed by atoms with Gasteiger partial charge in [0.15, 0.2) is 5.76 Å². The summed E-state index contributed by atoms with van der Waals surface area (Å²) >= 11 is 0. The fraction of sp³-hybridized carbons (Fsp3) is 0.615. The molecular formula is C13H18N2O3S. The Kier molecular flexibility index (Phi) is 2.83. The van der Waals surface area contributed by atoms with E-state index in [9.17, 15) is 8.42 Å². The second-order valence-electron chi connectivity index (χ2n) is 5.53. The Hall–Kier alpha value is -1.14. The summed E-state index contributed by atoms with van der Waals surface area (Å²) < 4.78 is 32.4. The highest BCUT2D eigenvalue weighted by Crippen LogP contribution is 2.42. The van der Waals surface area contributed by atoms with Crippen molar-refractivity contribution < 1.29 is 12.9 Å². The van der Waals surface area contributed by atoms with Gasteiger partial charge in [0.25, 0.3) is 0 Å². The van der Waals surface area contributed by atoms with Gasteiger partial charge in [-0.1, -0.05) is 17.3 Å². The summed E-state index contributed by atoms with van der Waals surface area (Å²) in [5.74, 6) is 0.376. The van der Waals surface area contributed by atoms with Crippen molar-refractivity contribution in [3.05, 3.63) is 23.6 Å². The summed E-state index contributed by atoms with van der Waals surface area (Å²) in [4.78, 5) is 0.247. The van der Waals surface area contributed by atoms with Gasteiger partial charge in [-0.3, -0.25) is 0 Å². The normalized spacial score (nSPS) is 28.0. The highest BCUT2D eigenvalue weighted by Gasteiger charge is 2.46. The van der Waals surface area contributed by atoms with Crippen LogP contribution >= 0.6 is 0 Å². The summed E-state index contributed by atoms with van der Waals surface area (Å²) in [6.07, 6.45) is 3.40. The number of fused-ring (bicyclic) bond motifs is 2. The van der Waals surface area contributed by atoms with Crippen LogP contribution in [0.15, 0.2) is 21.6 Å². The van der Waals surface area contributed by atoms with Crippen molar-refractivity contribution in [1.29, 1.82) is 0 Å². The lowest BCUT2D eigenvalue weighted by Crippen LogP contribution is -2.44. The summed E-state index contributed by atoms with van der Waals surface area (Å²) in [6, 6.07) is 0.120. The van der Waals surface area contributed by atoms with Crippen molar-refractivity contribution in [2.75, 3.05) is 0 Å². The molecule has 0 aromatic carbocycles. The maximum atomic E-state index is 12.9. The molecule has 0 N–H and O–H groups in total. The number of nitrogens with zero attached hydrogens (tertiary/aromatic N) is 2. The van der Waals surface area contributed by atoms with Crippen molar-refractivity contribution in [1.82, 2.24) is 9.46 Å². The molecule has 104 valence electrons. The van der Waals surface area contributed by atoms with Crippen molar-refractivity contribution >= 4 is 10.0 Å². The van der Waals surface area contributed by atoms with E-state index in [1.807, 2.05) is 0 Å². The van der Waals surface area contributed by atoms with Gasteiger partial charge in [-0.25, -0.2) is 8.42 Å². The van der Waals surface area contributed by atoms with Gasteiger partial charge in [-0.15, -0.1) is 0 Å². The van der Waals surface area contributed by atoms with Crippen LogP contribution in [-0.2, 0) is 10.0 Å². The predicted octanol–water partition coefficient (Wildman–Crippen LogP) is 2.16. The molecule has 3 rings (SSSR count). The maximum absolute atomic E-state index is 12.9. The largest absolute Gasteiger partial charge is 0.360 e. The van der Waals surface area contributed by atoms with Crippen LogP contribution in [0.25, 0.3) is 0 Å². The van der Waals surface area contributed by atoms with Gasteiger partial charge in [-0.05, 0) is 39.5 Å². The Labute approximate surface area is 113 Å². The second kappa shape index (κ2) is 4.18. The van der Waals surface area contributed by atoms with Gasteiger partial charge in [-0.2, -0.15) is 4.31 Å². The third kappa shape index (κ3) is 1.85. The van der Waals surface area contributed by atoms with Crippen molar-refractivity contribution in [3.8, 4) is 0 Å². The highest BCUT2D eigenvalue weighted by atomic mass is 32.2. The molecule has 19 heavy (non-hydrogen) atoms. The summed E-state index contributed by atoms with van der Waals surface area (Å²) in [5, 5.41) is 3.76. The number of hydrogen-bond acceptors (Lipinski definition) is 4. The Morgan fingerprint density at radius 2 is 1.84 bits per heavy atom. The molecule has 2 unspecified atom stereocenters. The molecule has 0 amide bonds. The molecule has 0 aliphatic carbocycles. The maximum Gasteiger partial charge on any atom is 0.249 e. The fourth-order valence-corrected chi connectivity index (χ4v) is 5.58. The average molecular weight is 282 g/mol. The zero-order chi connectivity index (χ0) is 13.8. The van der Waals surface area contributed by atoms with Crippen molar-refractivity contribution in [2.24, 2.45) is 0 Å². The second-order valence-corrected chi connectivity index (χ2v) is 7.31. The minimum atomic E-state index is -3.50. The highest BCUT2D eigenvalue weighted by molar-refractivity contribution is 7.89. The van der Waals surface area contributed by atoms with Gasteiger partial charge in [0.05, 0.1) is 0 Å². The first-order chi connectivity index (χ1) is 8.91. The van der Waals surface area contributed by atoms with E-state index < -0.39 is 10.0 Å². The molecule has 2 saturated heterocycles. The van der Waals surface area contributed by atoms with E-state index in [2.05, 4.69) is 11.7 Å². The van der Waals surface area contributed by atoms with Gasteiger partial charge in [0.2, 0.25) is 10.0 Å². The fourth-order valence-electron chi connectivity index (χ4n) is 3.41. The van der Waals surface area contributed by atoms with E-state index in [1.165, 1.54) is 0 Å². The Morgan fingerprint density at radius 3 is 2.32 bits per heavy atom. The molecule has 0 radical (unpaired) electrons. The SMILES string of the molecule is C=C1CC2CCC(C1)N2S(=O)(=O)c1c(C)noc1C. The van der Waals surface area contributed by atoms with E-state index in [0.717, 1.165) is 31.3 Å². The minimum absolute atomic E-state index is 0.0601. The van der Waals surface area contributed by atoms with E-state index in [1.54, 1.807) is 18.2 Å². The first-order valence-electron chi connectivity index (χ1n) is 6.54. The van der Waals surface area contributed by atoms with Crippen molar-refractivity contribution in [3.63, 3.8) is 0 Å². The molecule has 0 saturated carbocycles. The molecule has 6 heteroatoms. The number of hydrogen-bond donors (Lipinski definition) is 0. The zero-order valence-corrected chi connectivity index (χ0v) is 12.0. The monoisotopic (exact) mass is 282 g/mol. The molecule has 5 nitrogen and oxygen atoms in total. The van der Waals surface area contributed by atoms with Crippen LogP contribution in [0.3, 0.4) is 0 Å². The van der Waals surface area contributed by atoms with Crippen LogP contribution in [-0.4, -0.2) is 30.0 Å². The molecule has 3 heterocycles. The molecule has 1 aromatic rings. The Bertz CT molecular complexity index is 597. The van der Waals surface area contributed by atoms with Gasteiger partial charge >= 0.3 is 0 Å². The number of piperidine rings is 1. The lowest BCUT2D eigenvalue weighted by molar-refractivity contribution is 0.285. The molecule has 2 atom stereocenters. The van der Waals surface area contributed by atoms with E-state index >= 15 is 0 Å². The topological polar surface area (TPSA) is 63.4 Å². The molecule has 2 aliphatic rings.